The van der Waals surface area contributed by atoms with E-state index in [2.05, 4.69) is 5.32 Å². The van der Waals surface area contributed by atoms with Crippen LogP contribution in [0.15, 0.2) is 24.3 Å². The maximum absolute atomic E-state index is 5.79. The Morgan fingerprint density at radius 1 is 1.38 bits per heavy atom. The van der Waals surface area contributed by atoms with Gasteiger partial charge >= 0.3 is 0 Å². The molecule has 1 heterocycles. The Hall–Kier alpha value is -0.380. The smallest absolute Gasteiger partial charge is 0.119 e. The second-order valence-corrected chi connectivity index (χ2v) is 5.40. The van der Waals surface area contributed by atoms with Gasteiger partial charge in [-0.2, -0.15) is 11.8 Å². The summed E-state index contributed by atoms with van der Waals surface area (Å²) >= 11 is 7.81. The van der Waals surface area contributed by atoms with E-state index in [4.69, 9.17) is 16.3 Å². The molecule has 0 spiro atoms. The predicted octanol–water partition coefficient (Wildman–Crippen LogP) is 2.81. The Balaban J connectivity index is 1.62. The van der Waals surface area contributed by atoms with E-state index in [0.29, 0.717) is 12.6 Å². The van der Waals surface area contributed by atoms with Crippen molar-refractivity contribution in [2.45, 2.75) is 12.5 Å². The SMILES string of the molecule is Clc1ccc(OCCNC2CCSC2)cc1. The molecule has 1 atom stereocenters. The van der Waals surface area contributed by atoms with Crippen LogP contribution in [-0.2, 0) is 0 Å². The van der Waals surface area contributed by atoms with Gasteiger partial charge in [0.15, 0.2) is 0 Å². The van der Waals surface area contributed by atoms with Crippen molar-refractivity contribution in [1.29, 1.82) is 0 Å². The lowest BCUT2D eigenvalue weighted by Crippen LogP contribution is -2.32. The second-order valence-electron chi connectivity index (χ2n) is 3.82. The number of ether oxygens (including phenoxy) is 1. The number of halogens is 1. The molecule has 1 aromatic rings. The quantitative estimate of drug-likeness (QED) is 0.820. The number of benzene rings is 1. The summed E-state index contributed by atoms with van der Waals surface area (Å²) in [7, 11) is 0. The van der Waals surface area contributed by atoms with Crippen LogP contribution in [0.5, 0.6) is 5.75 Å². The van der Waals surface area contributed by atoms with Gasteiger partial charge in [-0.1, -0.05) is 11.6 Å². The van der Waals surface area contributed by atoms with Gasteiger partial charge < -0.3 is 10.1 Å². The van der Waals surface area contributed by atoms with Crippen molar-refractivity contribution in [2.24, 2.45) is 0 Å². The minimum absolute atomic E-state index is 0.679. The van der Waals surface area contributed by atoms with Crippen LogP contribution in [0.1, 0.15) is 6.42 Å². The van der Waals surface area contributed by atoms with Crippen molar-refractivity contribution in [3.8, 4) is 5.75 Å². The molecule has 16 heavy (non-hydrogen) atoms. The van der Waals surface area contributed by atoms with Crippen LogP contribution >= 0.6 is 23.4 Å². The fourth-order valence-corrected chi connectivity index (χ4v) is 2.97. The van der Waals surface area contributed by atoms with Crippen molar-refractivity contribution in [2.75, 3.05) is 24.7 Å². The third kappa shape index (κ3) is 3.89. The van der Waals surface area contributed by atoms with E-state index >= 15 is 0 Å². The Morgan fingerprint density at radius 2 is 2.19 bits per heavy atom. The zero-order chi connectivity index (χ0) is 11.2. The number of nitrogens with one attached hydrogen (secondary N) is 1. The van der Waals surface area contributed by atoms with Crippen molar-refractivity contribution in [3.05, 3.63) is 29.3 Å². The summed E-state index contributed by atoms with van der Waals surface area (Å²) < 4.78 is 5.59. The summed E-state index contributed by atoms with van der Waals surface area (Å²) in [4.78, 5) is 0. The zero-order valence-corrected chi connectivity index (χ0v) is 10.7. The first-order chi connectivity index (χ1) is 7.84. The second kappa shape index (κ2) is 6.38. The Kier molecular flexibility index (Phi) is 4.82. The van der Waals surface area contributed by atoms with Crippen molar-refractivity contribution in [1.82, 2.24) is 5.32 Å². The van der Waals surface area contributed by atoms with Crippen LogP contribution in [0.2, 0.25) is 5.02 Å². The normalized spacial score (nSPS) is 19.9. The van der Waals surface area contributed by atoms with Gasteiger partial charge in [0.05, 0.1) is 0 Å². The lowest BCUT2D eigenvalue weighted by atomic mass is 10.3. The highest BCUT2D eigenvalue weighted by molar-refractivity contribution is 7.99. The molecule has 88 valence electrons. The standard InChI is InChI=1S/C12H16ClNOS/c13-10-1-3-12(4-2-10)15-7-6-14-11-5-8-16-9-11/h1-4,11,14H,5-9H2. The van der Waals surface area contributed by atoms with Crippen LogP contribution in [0.4, 0.5) is 0 Å². The van der Waals surface area contributed by atoms with E-state index in [0.717, 1.165) is 17.3 Å². The molecule has 2 rings (SSSR count). The third-order valence-corrected chi connectivity index (χ3v) is 3.96. The average molecular weight is 258 g/mol. The average Bonchev–Trinajstić information content (AvgIpc) is 2.80. The Labute approximate surface area is 106 Å². The Bertz CT molecular complexity index is 311. The van der Waals surface area contributed by atoms with Crippen LogP contribution in [0.3, 0.4) is 0 Å². The number of rotatable bonds is 5. The molecule has 0 amide bonds. The van der Waals surface area contributed by atoms with Crippen molar-refractivity contribution < 1.29 is 4.74 Å². The van der Waals surface area contributed by atoms with Gasteiger partial charge in [-0.25, -0.2) is 0 Å². The van der Waals surface area contributed by atoms with Gasteiger partial charge in [-0.15, -0.1) is 0 Å². The summed E-state index contributed by atoms with van der Waals surface area (Å²) in [6.07, 6.45) is 1.28. The number of hydrogen-bond donors (Lipinski definition) is 1. The maximum Gasteiger partial charge on any atom is 0.119 e. The van der Waals surface area contributed by atoms with Gasteiger partial charge in [-0.05, 0) is 36.4 Å². The molecule has 0 aromatic heterocycles. The van der Waals surface area contributed by atoms with Gasteiger partial charge in [0.25, 0.3) is 0 Å². The summed E-state index contributed by atoms with van der Waals surface area (Å²) in [5, 5.41) is 4.24. The lowest BCUT2D eigenvalue weighted by molar-refractivity contribution is 0.307. The summed E-state index contributed by atoms with van der Waals surface area (Å²) in [5.74, 6) is 3.41. The lowest BCUT2D eigenvalue weighted by Gasteiger charge is -2.11. The van der Waals surface area contributed by atoms with Crippen LogP contribution in [0.25, 0.3) is 0 Å². The molecule has 1 saturated heterocycles. The highest BCUT2D eigenvalue weighted by atomic mass is 35.5. The summed E-state index contributed by atoms with van der Waals surface area (Å²) in [5.41, 5.74) is 0. The number of hydrogen-bond acceptors (Lipinski definition) is 3. The summed E-state index contributed by atoms with van der Waals surface area (Å²) in [6.45, 7) is 1.62. The molecule has 2 nitrogen and oxygen atoms in total. The highest BCUT2D eigenvalue weighted by Gasteiger charge is 2.13. The maximum atomic E-state index is 5.79. The van der Waals surface area contributed by atoms with Crippen LogP contribution < -0.4 is 10.1 Å². The molecule has 0 bridgehead atoms. The van der Waals surface area contributed by atoms with E-state index in [-0.39, 0.29) is 0 Å². The topological polar surface area (TPSA) is 21.3 Å². The molecular formula is C12H16ClNOS. The molecule has 1 unspecified atom stereocenters. The van der Waals surface area contributed by atoms with Crippen LogP contribution in [0, 0.1) is 0 Å². The Morgan fingerprint density at radius 3 is 2.88 bits per heavy atom. The zero-order valence-electron chi connectivity index (χ0n) is 9.12. The highest BCUT2D eigenvalue weighted by Crippen LogP contribution is 2.17. The van der Waals surface area contributed by atoms with Gasteiger partial charge in [0.1, 0.15) is 12.4 Å². The monoisotopic (exact) mass is 257 g/mol. The first-order valence-electron chi connectivity index (χ1n) is 5.54. The molecule has 1 aliphatic rings. The van der Waals surface area contributed by atoms with E-state index in [1.807, 2.05) is 36.0 Å². The summed E-state index contributed by atoms with van der Waals surface area (Å²) in [6, 6.07) is 8.16. The molecule has 0 radical (unpaired) electrons. The molecule has 1 fully saturated rings. The fraction of sp³-hybridized carbons (Fsp3) is 0.500. The minimum atomic E-state index is 0.679. The first-order valence-corrected chi connectivity index (χ1v) is 7.07. The van der Waals surface area contributed by atoms with E-state index < -0.39 is 0 Å². The third-order valence-electron chi connectivity index (χ3n) is 2.55. The van der Waals surface area contributed by atoms with E-state index in [1.54, 1.807) is 0 Å². The molecule has 0 aliphatic carbocycles. The van der Waals surface area contributed by atoms with E-state index in [1.165, 1.54) is 17.9 Å². The minimum Gasteiger partial charge on any atom is -0.492 e. The number of thioether (sulfide) groups is 1. The van der Waals surface area contributed by atoms with Crippen molar-refractivity contribution in [3.63, 3.8) is 0 Å². The van der Waals surface area contributed by atoms with Gasteiger partial charge in [-0.3, -0.25) is 0 Å². The van der Waals surface area contributed by atoms with Gasteiger partial charge in [0, 0.05) is 23.4 Å². The van der Waals surface area contributed by atoms with Crippen molar-refractivity contribution >= 4 is 23.4 Å². The fourth-order valence-electron chi connectivity index (χ4n) is 1.66. The molecule has 1 aliphatic heterocycles. The molecular weight excluding hydrogens is 242 g/mol. The largest absolute Gasteiger partial charge is 0.492 e. The van der Waals surface area contributed by atoms with E-state index in [9.17, 15) is 0 Å². The first kappa shape index (κ1) is 12.1. The molecule has 1 aromatic carbocycles. The molecule has 4 heteroatoms. The van der Waals surface area contributed by atoms with Gasteiger partial charge in [0.2, 0.25) is 0 Å². The molecule has 0 saturated carbocycles. The van der Waals surface area contributed by atoms with Crippen LogP contribution in [-0.4, -0.2) is 30.7 Å². The predicted molar refractivity (Wildman–Crippen MR) is 70.7 cm³/mol. The molecule has 1 N–H and O–H groups in total.